The third-order valence-electron chi connectivity index (χ3n) is 4.22. The maximum atomic E-state index is 12.7. The Morgan fingerprint density at radius 1 is 1.04 bits per heavy atom. The summed E-state index contributed by atoms with van der Waals surface area (Å²) in [7, 11) is 1.55. The van der Waals surface area contributed by atoms with Crippen LogP contribution in [0, 0.1) is 0 Å². The van der Waals surface area contributed by atoms with Crippen molar-refractivity contribution in [3.05, 3.63) is 71.9 Å². The fourth-order valence-electron chi connectivity index (χ4n) is 2.90. The Labute approximate surface area is 146 Å². The first-order valence-electron chi connectivity index (χ1n) is 8.24. The largest absolute Gasteiger partial charge is 0.357 e. The number of benzene rings is 2. The molecular formula is C20H21N3O2. The summed E-state index contributed by atoms with van der Waals surface area (Å²) in [6.45, 7) is 2.35. The number of carbonyl (C=O) groups excluding carboxylic acids is 2. The summed E-state index contributed by atoms with van der Waals surface area (Å²) >= 11 is 0. The van der Waals surface area contributed by atoms with Gasteiger partial charge in [0.15, 0.2) is 0 Å². The van der Waals surface area contributed by atoms with Crippen LogP contribution in [0.25, 0.3) is 10.9 Å². The number of amides is 2. The minimum Gasteiger partial charge on any atom is -0.357 e. The highest BCUT2D eigenvalue weighted by molar-refractivity contribution is 6.08. The number of nitrogens with one attached hydrogen (secondary N) is 2. The Bertz CT molecular complexity index is 900. The fraction of sp³-hybridized carbons (Fsp3) is 0.200. The summed E-state index contributed by atoms with van der Waals surface area (Å²) in [6.07, 6.45) is 1.85. The van der Waals surface area contributed by atoms with Crippen molar-refractivity contribution in [1.82, 2.24) is 15.2 Å². The lowest BCUT2D eigenvalue weighted by molar-refractivity contribution is -0.122. The van der Waals surface area contributed by atoms with Crippen LogP contribution in [0.5, 0.6) is 0 Å². The number of fused-ring (bicyclic) bond motifs is 1. The molecule has 25 heavy (non-hydrogen) atoms. The van der Waals surface area contributed by atoms with Crippen LogP contribution >= 0.6 is 0 Å². The molecule has 0 fully saturated rings. The van der Waals surface area contributed by atoms with Gasteiger partial charge in [0.1, 0.15) is 6.04 Å². The van der Waals surface area contributed by atoms with Crippen molar-refractivity contribution in [1.29, 1.82) is 0 Å². The maximum absolute atomic E-state index is 12.7. The van der Waals surface area contributed by atoms with E-state index < -0.39 is 6.04 Å². The normalized spacial score (nSPS) is 11.9. The first kappa shape index (κ1) is 16.8. The molecule has 2 N–H and O–H groups in total. The molecule has 5 nitrogen and oxygen atoms in total. The van der Waals surface area contributed by atoms with Gasteiger partial charge in [-0.15, -0.1) is 0 Å². The van der Waals surface area contributed by atoms with Gasteiger partial charge in [-0.05, 0) is 18.6 Å². The topological polar surface area (TPSA) is 63.1 Å². The smallest absolute Gasteiger partial charge is 0.254 e. The molecule has 0 spiro atoms. The van der Waals surface area contributed by atoms with Crippen molar-refractivity contribution in [3.8, 4) is 0 Å². The lowest BCUT2D eigenvalue weighted by Gasteiger charge is -2.11. The highest BCUT2D eigenvalue weighted by atomic mass is 16.2. The molecule has 0 radical (unpaired) electrons. The molecule has 0 saturated carbocycles. The molecule has 0 saturated heterocycles. The third kappa shape index (κ3) is 3.55. The lowest BCUT2D eigenvalue weighted by atomic mass is 10.1. The van der Waals surface area contributed by atoms with Crippen LogP contribution in [-0.2, 0) is 11.3 Å². The monoisotopic (exact) mass is 335 g/mol. The minimum absolute atomic E-state index is 0.221. The fourth-order valence-corrected chi connectivity index (χ4v) is 2.90. The molecule has 0 bridgehead atoms. The van der Waals surface area contributed by atoms with Gasteiger partial charge < -0.3 is 15.2 Å². The standard InChI is InChI=1S/C20H21N3O2/c1-14(19(24)21-2)22-20(25)17-13-23(12-15-8-4-3-5-9-15)18-11-7-6-10-16(17)18/h3-11,13-14H,12H2,1-2H3,(H,21,24)(H,22,25)/t14-/m1/s1. The van der Waals surface area contributed by atoms with Gasteiger partial charge >= 0.3 is 0 Å². The highest BCUT2D eigenvalue weighted by Crippen LogP contribution is 2.22. The number of para-hydroxylation sites is 1. The first-order chi connectivity index (χ1) is 12.1. The molecule has 0 aliphatic carbocycles. The average molecular weight is 335 g/mol. The van der Waals surface area contributed by atoms with Crippen molar-refractivity contribution in [2.75, 3.05) is 7.05 Å². The zero-order chi connectivity index (χ0) is 17.8. The molecule has 5 heteroatoms. The SMILES string of the molecule is CNC(=O)[C@@H](C)NC(=O)c1cn(Cc2ccccc2)c2ccccc12. The molecule has 3 rings (SSSR count). The molecule has 1 heterocycles. The number of carbonyl (C=O) groups is 2. The van der Waals surface area contributed by atoms with E-state index in [1.54, 1.807) is 14.0 Å². The average Bonchev–Trinajstić information content (AvgIpc) is 3.00. The van der Waals surface area contributed by atoms with E-state index in [0.717, 1.165) is 16.5 Å². The number of rotatable bonds is 5. The van der Waals surface area contributed by atoms with Gasteiger partial charge in [0, 0.05) is 30.7 Å². The van der Waals surface area contributed by atoms with Gasteiger partial charge in [-0.1, -0.05) is 48.5 Å². The van der Waals surface area contributed by atoms with Gasteiger partial charge in [0.2, 0.25) is 5.91 Å². The summed E-state index contributed by atoms with van der Waals surface area (Å²) in [6, 6.07) is 17.3. The van der Waals surface area contributed by atoms with Crippen LogP contribution in [-0.4, -0.2) is 29.5 Å². The van der Waals surface area contributed by atoms with Crippen molar-refractivity contribution in [2.45, 2.75) is 19.5 Å². The summed E-state index contributed by atoms with van der Waals surface area (Å²) in [5.41, 5.74) is 2.72. The summed E-state index contributed by atoms with van der Waals surface area (Å²) in [5.74, 6) is -0.472. The van der Waals surface area contributed by atoms with E-state index in [2.05, 4.69) is 27.3 Å². The van der Waals surface area contributed by atoms with Gasteiger partial charge in [-0.2, -0.15) is 0 Å². The van der Waals surface area contributed by atoms with E-state index in [4.69, 9.17) is 0 Å². The van der Waals surface area contributed by atoms with Crippen LogP contribution < -0.4 is 10.6 Å². The molecule has 3 aromatic rings. The predicted molar refractivity (Wildman–Crippen MR) is 98.5 cm³/mol. The quantitative estimate of drug-likeness (QED) is 0.753. The third-order valence-corrected chi connectivity index (χ3v) is 4.22. The number of nitrogens with zero attached hydrogens (tertiary/aromatic N) is 1. The van der Waals surface area contributed by atoms with Crippen LogP contribution in [0.1, 0.15) is 22.8 Å². The molecular weight excluding hydrogens is 314 g/mol. The number of hydrogen-bond acceptors (Lipinski definition) is 2. The van der Waals surface area contributed by atoms with E-state index in [1.807, 2.05) is 48.7 Å². The van der Waals surface area contributed by atoms with Crippen LogP contribution in [0.15, 0.2) is 60.8 Å². The van der Waals surface area contributed by atoms with E-state index in [1.165, 1.54) is 0 Å². The number of aromatic nitrogens is 1. The second-order valence-corrected chi connectivity index (χ2v) is 5.98. The predicted octanol–water partition coefficient (Wildman–Crippen LogP) is 2.55. The van der Waals surface area contributed by atoms with E-state index in [0.29, 0.717) is 12.1 Å². The number of likely N-dealkylation sites (N-methyl/N-ethyl adjacent to an activating group) is 1. The van der Waals surface area contributed by atoms with Crippen molar-refractivity contribution in [3.63, 3.8) is 0 Å². The zero-order valence-corrected chi connectivity index (χ0v) is 14.3. The minimum atomic E-state index is -0.589. The second-order valence-electron chi connectivity index (χ2n) is 5.98. The Hall–Kier alpha value is -3.08. The molecule has 2 aromatic carbocycles. The van der Waals surface area contributed by atoms with Crippen molar-refractivity contribution < 1.29 is 9.59 Å². The Balaban J connectivity index is 1.93. The zero-order valence-electron chi connectivity index (χ0n) is 14.3. The van der Waals surface area contributed by atoms with Crippen LogP contribution in [0.3, 0.4) is 0 Å². The summed E-state index contributed by atoms with van der Waals surface area (Å²) in [4.78, 5) is 24.3. The Morgan fingerprint density at radius 3 is 2.44 bits per heavy atom. The van der Waals surface area contributed by atoms with E-state index >= 15 is 0 Å². The molecule has 1 aromatic heterocycles. The van der Waals surface area contributed by atoms with Crippen LogP contribution in [0.4, 0.5) is 0 Å². The lowest BCUT2D eigenvalue weighted by Crippen LogP contribution is -2.43. The van der Waals surface area contributed by atoms with Crippen LogP contribution in [0.2, 0.25) is 0 Å². The highest BCUT2D eigenvalue weighted by Gasteiger charge is 2.19. The molecule has 0 unspecified atom stereocenters. The van der Waals surface area contributed by atoms with E-state index in [-0.39, 0.29) is 11.8 Å². The summed E-state index contributed by atoms with van der Waals surface area (Å²) in [5, 5.41) is 6.16. The molecule has 2 amide bonds. The van der Waals surface area contributed by atoms with Gasteiger partial charge in [-0.25, -0.2) is 0 Å². The molecule has 1 atom stereocenters. The van der Waals surface area contributed by atoms with E-state index in [9.17, 15) is 9.59 Å². The Morgan fingerprint density at radius 2 is 1.72 bits per heavy atom. The first-order valence-corrected chi connectivity index (χ1v) is 8.24. The summed E-state index contributed by atoms with van der Waals surface area (Å²) < 4.78 is 2.06. The van der Waals surface area contributed by atoms with Gasteiger partial charge in [0.25, 0.3) is 5.91 Å². The molecule has 128 valence electrons. The Kier molecular flexibility index (Phi) is 4.84. The number of hydrogen-bond donors (Lipinski definition) is 2. The van der Waals surface area contributed by atoms with Gasteiger partial charge in [0.05, 0.1) is 5.56 Å². The van der Waals surface area contributed by atoms with Crippen molar-refractivity contribution in [2.24, 2.45) is 0 Å². The molecule has 0 aliphatic heterocycles. The van der Waals surface area contributed by atoms with Crippen molar-refractivity contribution >= 4 is 22.7 Å². The molecule has 0 aliphatic rings. The van der Waals surface area contributed by atoms with Gasteiger partial charge in [-0.3, -0.25) is 9.59 Å². The second kappa shape index (κ2) is 7.21. The maximum Gasteiger partial charge on any atom is 0.254 e.